The third-order valence-electron chi connectivity index (χ3n) is 4.03. The van der Waals surface area contributed by atoms with Crippen LogP contribution >= 0.6 is 11.3 Å². The molecule has 0 saturated carbocycles. The molecule has 3 rings (SSSR count). The van der Waals surface area contributed by atoms with Crippen LogP contribution in [0.4, 0.5) is 23.1 Å². The number of amides is 2. The van der Waals surface area contributed by atoms with Crippen LogP contribution in [0.25, 0.3) is 0 Å². The summed E-state index contributed by atoms with van der Waals surface area (Å²) in [6.45, 7) is 3.86. The molecule has 13 heteroatoms. The number of nitrogens with one attached hydrogen (secondary N) is 2. The highest BCUT2D eigenvalue weighted by molar-refractivity contribution is 7.89. The van der Waals surface area contributed by atoms with Crippen LogP contribution in [0.15, 0.2) is 29.2 Å². The minimum absolute atomic E-state index is 0.0480. The van der Waals surface area contributed by atoms with E-state index in [0.29, 0.717) is 22.1 Å². The Labute approximate surface area is 175 Å². The molecule has 1 aromatic heterocycles. The Kier molecular flexibility index (Phi) is 6.24. The molecular formula is C17H19F3N4O4S2. The number of carbonyl (C=O) groups excluding carboxylic acids is 1. The van der Waals surface area contributed by atoms with Gasteiger partial charge in [-0.25, -0.2) is 18.2 Å². The average Bonchev–Trinajstić information content (AvgIpc) is 3.01. The highest BCUT2D eigenvalue weighted by Crippen LogP contribution is 2.32. The van der Waals surface area contributed by atoms with Gasteiger partial charge in [0.2, 0.25) is 10.0 Å². The second-order valence-corrected chi connectivity index (χ2v) is 9.77. The van der Waals surface area contributed by atoms with Crippen molar-refractivity contribution >= 4 is 32.5 Å². The maximum atomic E-state index is 12.9. The first kappa shape index (κ1) is 22.3. The van der Waals surface area contributed by atoms with Gasteiger partial charge in [0.25, 0.3) is 0 Å². The summed E-state index contributed by atoms with van der Waals surface area (Å²) in [5.41, 5.74) is 0.709. The largest absolute Gasteiger partial charge is 0.573 e. The summed E-state index contributed by atoms with van der Waals surface area (Å²) in [6, 6.07) is 3.61. The number of alkyl halides is 3. The van der Waals surface area contributed by atoms with Crippen molar-refractivity contribution in [1.82, 2.24) is 14.6 Å². The van der Waals surface area contributed by atoms with Gasteiger partial charge in [0.15, 0.2) is 5.13 Å². The molecule has 164 valence electrons. The van der Waals surface area contributed by atoms with Gasteiger partial charge < -0.3 is 10.1 Å². The lowest BCUT2D eigenvalue weighted by molar-refractivity contribution is -0.274. The van der Waals surface area contributed by atoms with Gasteiger partial charge in [0.1, 0.15) is 5.75 Å². The zero-order valence-electron chi connectivity index (χ0n) is 16.0. The van der Waals surface area contributed by atoms with Crippen molar-refractivity contribution in [3.8, 4) is 5.75 Å². The molecule has 0 spiro atoms. The Morgan fingerprint density at radius 3 is 2.53 bits per heavy atom. The molecule has 1 aliphatic heterocycles. The standard InChI is InChI=1S/C17H19F3N4O4S2/c1-10(2)21-15(25)23-16-22-13-7-8-24(9-14(13)29-16)30(26,27)12-5-3-11(4-6-12)28-17(18,19)20/h3-6,10H,7-9H2,1-2H3,(H2,21,22,23,25). The van der Waals surface area contributed by atoms with E-state index in [1.54, 1.807) is 0 Å². The predicted octanol–water partition coefficient (Wildman–Crippen LogP) is 3.32. The summed E-state index contributed by atoms with van der Waals surface area (Å²) in [5, 5.41) is 5.67. The zero-order chi connectivity index (χ0) is 22.1. The number of thiazole rings is 1. The highest BCUT2D eigenvalue weighted by Gasteiger charge is 2.33. The van der Waals surface area contributed by atoms with E-state index in [4.69, 9.17) is 0 Å². The number of benzene rings is 1. The van der Waals surface area contributed by atoms with Gasteiger partial charge in [-0.15, -0.1) is 13.2 Å². The van der Waals surface area contributed by atoms with Crippen molar-refractivity contribution < 1.29 is 31.1 Å². The van der Waals surface area contributed by atoms with Crippen LogP contribution in [0.1, 0.15) is 24.4 Å². The summed E-state index contributed by atoms with van der Waals surface area (Å²) in [4.78, 5) is 16.7. The maximum Gasteiger partial charge on any atom is 0.573 e. The van der Waals surface area contributed by atoms with E-state index in [-0.39, 0.29) is 24.0 Å². The number of rotatable bonds is 5. The highest BCUT2D eigenvalue weighted by atomic mass is 32.2. The minimum Gasteiger partial charge on any atom is -0.406 e. The molecule has 0 saturated heterocycles. The van der Waals surface area contributed by atoms with Crippen molar-refractivity contribution in [3.05, 3.63) is 34.8 Å². The SMILES string of the molecule is CC(C)NC(=O)Nc1nc2c(s1)CN(S(=O)(=O)c1ccc(OC(F)(F)F)cc1)CC2. The molecule has 0 atom stereocenters. The second kappa shape index (κ2) is 8.40. The summed E-state index contributed by atoms with van der Waals surface area (Å²) in [7, 11) is -3.92. The van der Waals surface area contributed by atoms with E-state index < -0.39 is 28.2 Å². The summed E-state index contributed by atoms with van der Waals surface area (Å²) in [5.74, 6) is -0.500. The number of hydrogen-bond acceptors (Lipinski definition) is 6. The number of aromatic nitrogens is 1. The number of ether oxygens (including phenoxy) is 1. The normalized spacial score (nSPS) is 15.0. The summed E-state index contributed by atoms with van der Waals surface area (Å²) < 4.78 is 67.5. The van der Waals surface area contributed by atoms with Crippen molar-refractivity contribution in [2.75, 3.05) is 11.9 Å². The Bertz CT molecular complexity index is 1020. The van der Waals surface area contributed by atoms with E-state index in [1.807, 2.05) is 13.8 Å². The zero-order valence-corrected chi connectivity index (χ0v) is 17.6. The second-order valence-electron chi connectivity index (χ2n) is 6.75. The molecule has 8 nitrogen and oxygen atoms in total. The Morgan fingerprint density at radius 2 is 1.93 bits per heavy atom. The van der Waals surface area contributed by atoms with Gasteiger partial charge in [0.05, 0.1) is 17.1 Å². The van der Waals surface area contributed by atoms with Crippen LogP contribution in [0.5, 0.6) is 5.75 Å². The molecule has 0 aliphatic carbocycles. The molecule has 1 aromatic carbocycles. The molecule has 1 aliphatic rings. The fraction of sp³-hybridized carbons (Fsp3) is 0.412. The lowest BCUT2D eigenvalue weighted by Gasteiger charge is -2.25. The number of anilines is 1. The minimum atomic E-state index is -4.85. The van der Waals surface area contributed by atoms with Crippen molar-refractivity contribution in [1.29, 1.82) is 0 Å². The molecule has 2 aromatic rings. The molecule has 30 heavy (non-hydrogen) atoms. The fourth-order valence-electron chi connectivity index (χ4n) is 2.79. The number of fused-ring (bicyclic) bond motifs is 1. The third-order valence-corrected chi connectivity index (χ3v) is 6.89. The Hall–Kier alpha value is -2.38. The molecular weight excluding hydrogens is 445 g/mol. The average molecular weight is 464 g/mol. The van der Waals surface area contributed by atoms with E-state index in [2.05, 4.69) is 20.4 Å². The Balaban J connectivity index is 1.72. The summed E-state index contributed by atoms with van der Waals surface area (Å²) in [6.07, 6.45) is -4.50. The molecule has 0 fully saturated rings. The number of carbonyl (C=O) groups is 1. The van der Waals surface area contributed by atoms with E-state index in [0.717, 1.165) is 24.3 Å². The van der Waals surface area contributed by atoms with Crippen LogP contribution in [0.3, 0.4) is 0 Å². The van der Waals surface area contributed by atoms with Crippen LogP contribution < -0.4 is 15.4 Å². The smallest absolute Gasteiger partial charge is 0.406 e. The van der Waals surface area contributed by atoms with E-state index in [9.17, 15) is 26.4 Å². The van der Waals surface area contributed by atoms with Crippen LogP contribution in [-0.4, -0.2) is 42.7 Å². The van der Waals surface area contributed by atoms with E-state index >= 15 is 0 Å². The van der Waals surface area contributed by atoms with Gasteiger partial charge in [-0.05, 0) is 38.1 Å². The molecule has 2 N–H and O–H groups in total. The molecule has 2 heterocycles. The number of halogens is 3. The van der Waals surface area contributed by atoms with Gasteiger partial charge in [-0.2, -0.15) is 4.31 Å². The van der Waals surface area contributed by atoms with Gasteiger partial charge in [-0.3, -0.25) is 5.32 Å². The number of hydrogen-bond donors (Lipinski definition) is 2. The van der Waals surface area contributed by atoms with Gasteiger partial charge >= 0.3 is 12.4 Å². The van der Waals surface area contributed by atoms with Crippen LogP contribution in [0, 0.1) is 0 Å². The van der Waals surface area contributed by atoms with Crippen LogP contribution in [-0.2, 0) is 23.0 Å². The topological polar surface area (TPSA) is 101 Å². The fourth-order valence-corrected chi connectivity index (χ4v) is 5.30. The monoisotopic (exact) mass is 464 g/mol. The predicted molar refractivity (Wildman–Crippen MR) is 104 cm³/mol. The summed E-state index contributed by atoms with van der Waals surface area (Å²) >= 11 is 1.18. The van der Waals surface area contributed by atoms with Crippen LogP contribution in [0.2, 0.25) is 0 Å². The first-order valence-electron chi connectivity index (χ1n) is 8.86. The third kappa shape index (κ3) is 5.40. The number of urea groups is 1. The lowest BCUT2D eigenvalue weighted by Crippen LogP contribution is -2.35. The number of nitrogens with zero attached hydrogens (tertiary/aromatic N) is 2. The molecule has 0 unspecified atom stereocenters. The van der Waals surface area contributed by atoms with Crippen molar-refractivity contribution in [2.45, 2.75) is 44.1 Å². The number of sulfonamides is 1. The van der Waals surface area contributed by atoms with Gasteiger partial charge in [0, 0.05) is 23.9 Å². The quantitative estimate of drug-likeness (QED) is 0.707. The van der Waals surface area contributed by atoms with E-state index in [1.165, 1.54) is 15.6 Å². The van der Waals surface area contributed by atoms with Crippen molar-refractivity contribution in [2.24, 2.45) is 0 Å². The first-order chi connectivity index (χ1) is 13.9. The molecule has 2 amide bonds. The molecule has 0 radical (unpaired) electrons. The Morgan fingerprint density at radius 1 is 1.27 bits per heavy atom. The lowest BCUT2D eigenvalue weighted by atomic mass is 10.2. The first-order valence-corrected chi connectivity index (χ1v) is 11.1. The molecule has 0 bridgehead atoms. The maximum absolute atomic E-state index is 12.9. The van der Waals surface area contributed by atoms with Gasteiger partial charge in [-0.1, -0.05) is 11.3 Å². The van der Waals surface area contributed by atoms with Crippen molar-refractivity contribution in [3.63, 3.8) is 0 Å².